The number of imidazole rings is 1. The van der Waals surface area contributed by atoms with Crippen molar-refractivity contribution < 1.29 is 4.79 Å². The molecule has 0 saturated heterocycles. The number of benzene rings is 2. The zero-order chi connectivity index (χ0) is 17.9. The van der Waals surface area contributed by atoms with Gasteiger partial charge in [0, 0.05) is 24.9 Å². The number of aromatic nitrogens is 4. The minimum atomic E-state index is 0.0331. The highest BCUT2D eigenvalue weighted by atomic mass is 16.1. The number of nitrogens with one attached hydrogen (secondary N) is 1. The second-order valence-electron chi connectivity index (χ2n) is 6.46. The van der Waals surface area contributed by atoms with Crippen molar-refractivity contribution in [2.75, 3.05) is 6.54 Å². The van der Waals surface area contributed by atoms with Crippen molar-refractivity contribution in [3.8, 4) is 0 Å². The number of aryl methyl sites for hydroxylation is 2. The maximum atomic E-state index is 12.2. The van der Waals surface area contributed by atoms with Gasteiger partial charge in [0.1, 0.15) is 0 Å². The van der Waals surface area contributed by atoms with Crippen LogP contribution in [0.3, 0.4) is 0 Å². The molecular weight excluding hydrogens is 326 g/mol. The molecule has 0 spiro atoms. The van der Waals surface area contributed by atoms with Crippen LogP contribution in [0, 0.1) is 6.92 Å². The number of hydrogen-bond donors (Lipinski definition) is 1. The molecule has 0 fully saturated rings. The monoisotopic (exact) mass is 347 g/mol. The molecule has 0 saturated carbocycles. The third kappa shape index (κ3) is 3.31. The summed E-state index contributed by atoms with van der Waals surface area (Å²) in [5, 5.41) is 8.47. The number of carbonyl (C=O) groups is 1. The number of fused-ring (bicyclic) bond motifs is 2. The van der Waals surface area contributed by atoms with Gasteiger partial charge in [-0.1, -0.05) is 24.3 Å². The van der Waals surface area contributed by atoms with E-state index in [2.05, 4.69) is 45.1 Å². The van der Waals surface area contributed by atoms with Crippen molar-refractivity contribution in [2.24, 2.45) is 0 Å². The normalized spacial score (nSPS) is 11.3. The molecule has 4 aromatic rings. The second kappa shape index (κ2) is 7.00. The lowest BCUT2D eigenvalue weighted by molar-refractivity contribution is -0.121. The van der Waals surface area contributed by atoms with Gasteiger partial charge in [-0.2, -0.15) is 5.10 Å². The molecule has 132 valence electrons. The summed E-state index contributed by atoms with van der Waals surface area (Å²) < 4.78 is 3.95. The molecule has 0 radical (unpaired) electrons. The number of hydrogen-bond acceptors (Lipinski definition) is 3. The van der Waals surface area contributed by atoms with Crippen LogP contribution in [0.5, 0.6) is 0 Å². The second-order valence-corrected chi connectivity index (χ2v) is 6.46. The van der Waals surface area contributed by atoms with Gasteiger partial charge in [0.2, 0.25) is 5.91 Å². The van der Waals surface area contributed by atoms with Crippen molar-refractivity contribution in [2.45, 2.75) is 26.4 Å². The highest BCUT2D eigenvalue weighted by Gasteiger charge is 2.07. The van der Waals surface area contributed by atoms with Crippen molar-refractivity contribution in [3.63, 3.8) is 0 Å². The fourth-order valence-electron chi connectivity index (χ4n) is 3.16. The zero-order valence-corrected chi connectivity index (χ0v) is 14.7. The van der Waals surface area contributed by atoms with Crippen LogP contribution >= 0.6 is 0 Å². The van der Waals surface area contributed by atoms with Crippen LogP contribution in [0.2, 0.25) is 0 Å². The molecule has 1 N–H and O–H groups in total. The molecule has 0 unspecified atom stereocenters. The van der Waals surface area contributed by atoms with E-state index in [1.165, 1.54) is 5.56 Å². The van der Waals surface area contributed by atoms with Gasteiger partial charge >= 0.3 is 0 Å². The Balaban J connectivity index is 1.31. The predicted octanol–water partition coefficient (Wildman–Crippen LogP) is 2.90. The van der Waals surface area contributed by atoms with Gasteiger partial charge in [-0.3, -0.25) is 9.48 Å². The van der Waals surface area contributed by atoms with Gasteiger partial charge in [0.05, 0.1) is 35.6 Å². The molecule has 2 aromatic carbocycles. The topological polar surface area (TPSA) is 64.7 Å². The number of rotatable bonds is 6. The molecule has 0 aliphatic carbocycles. The summed E-state index contributed by atoms with van der Waals surface area (Å²) in [6.07, 6.45) is 4.07. The molecule has 4 rings (SSSR count). The first-order valence-corrected chi connectivity index (χ1v) is 8.79. The Morgan fingerprint density at radius 1 is 1.12 bits per heavy atom. The van der Waals surface area contributed by atoms with E-state index in [4.69, 9.17) is 0 Å². The highest BCUT2D eigenvalue weighted by molar-refractivity contribution is 5.80. The minimum Gasteiger partial charge on any atom is -0.354 e. The van der Waals surface area contributed by atoms with E-state index in [1.54, 1.807) is 0 Å². The SMILES string of the molecule is Cc1ccc2cnn(CCC(=O)NCCn3cnc4ccccc43)c2c1. The summed E-state index contributed by atoms with van der Waals surface area (Å²) in [6, 6.07) is 14.2. The van der Waals surface area contributed by atoms with E-state index in [-0.39, 0.29) is 5.91 Å². The van der Waals surface area contributed by atoms with Gasteiger partial charge < -0.3 is 9.88 Å². The van der Waals surface area contributed by atoms with Gasteiger partial charge in [-0.05, 0) is 30.7 Å². The van der Waals surface area contributed by atoms with Crippen LogP contribution in [0.15, 0.2) is 55.0 Å². The lowest BCUT2D eigenvalue weighted by Gasteiger charge is -2.08. The Bertz CT molecular complexity index is 1060. The molecule has 26 heavy (non-hydrogen) atoms. The van der Waals surface area contributed by atoms with Crippen molar-refractivity contribution in [3.05, 3.63) is 60.6 Å². The first kappa shape index (κ1) is 16.3. The molecule has 6 nitrogen and oxygen atoms in total. The third-order valence-corrected chi connectivity index (χ3v) is 4.55. The van der Waals surface area contributed by atoms with Crippen LogP contribution in [-0.4, -0.2) is 31.8 Å². The summed E-state index contributed by atoms with van der Waals surface area (Å²) in [4.78, 5) is 16.5. The molecule has 1 amide bonds. The number of carbonyl (C=O) groups excluding carboxylic acids is 1. The van der Waals surface area contributed by atoms with Gasteiger partial charge in [-0.15, -0.1) is 0 Å². The number of amides is 1. The third-order valence-electron chi connectivity index (χ3n) is 4.55. The predicted molar refractivity (Wildman–Crippen MR) is 102 cm³/mol. The van der Waals surface area contributed by atoms with Crippen LogP contribution < -0.4 is 5.32 Å². The zero-order valence-electron chi connectivity index (χ0n) is 14.7. The maximum absolute atomic E-state index is 12.2. The van der Waals surface area contributed by atoms with Crippen LogP contribution in [0.1, 0.15) is 12.0 Å². The quantitative estimate of drug-likeness (QED) is 0.583. The van der Waals surface area contributed by atoms with E-state index in [0.29, 0.717) is 26.1 Å². The molecule has 2 heterocycles. The van der Waals surface area contributed by atoms with E-state index in [0.717, 1.165) is 21.9 Å². The Morgan fingerprint density at radius 2 is 2.00 bits per heavy atom. The van der Waals surface area contributed by atoms with Crippen LogP contribution in [-0.2, 0) is 17.9 Å². The minimum absolute atomic E-state index is 0.0331. The number of nitrogens with zero attached hydrogens (tertiary/aromatic N) is 4. The smallest absolute Gasteiger partial charge is 0.221 e. The summed E-state index contributed by atoms with van der Waals surface area (Å²) in [5.74, 6) is 0.0331. The first-order valence-electron chi connectivity index (χ1n) is 8.79. The fraction of sp³-hybridized carbons (Fsp3) is 0.250. The highest BCUT2D eigenvalue weighted by Crippen LogP contribution is 2.15. The van der Waals surface area contributed by atoms with Crippen molar-refractivity contribution in [1.29, 1.82) is 0 Å². The van der Waals surface area contributed by atoms with E-state index < -0.39 is 0 Å². The lowest BCUT2D eigenvalue weighted by atomic mass is 10.2. The molecule has 0 atom stereocenters. The summed E-state index contributed by atoms with van der Waals surface area (Å²) >= 11 is 0. The molecule has 0 aliphatic rings. The first-order chi connectivity index (χ1) is 12.7. The van der Waals surface area contributed by atoms with Crippen LogP contribution in [0.4, 0.5) is 0 Å². The van der Waals surface area contributed by atoms with E-state index in [1.807, 2.05) is 41.5 Å². The summed E-state index contributed by atoms with van der Waals surface area (Å²) in [7, 11) is 0. The lowest BCUT2D eigenvalue weighted by Crippen LogP contribution is -2.28. The van der Waals surface area contributed by atoms with E-state index >= 15 is 0 Å². The van der Waals surface area contributed by atoms with Crippen molar-refractivity contribution >= 4 is 27.8 Å². The Labute approximate surface area is 151 Å². The standard InChI is InChI=1S/C20H21N5O/c1-15-6-7-16-13-23-25(19(16)12-15)10-8-20(26)21-9-11-24-14-22-17-4-2-3-5-18(17)24/h2-7,12-14H,8-11H2,1H3,(H,21,26). The average molecular weight is 347 g/mol. The summed E-state index contributed by atoms with van der Waals surface area (Å²) in [5.41, 5.74) is 4.32. The molecule has 6 heteroatoms. The Kier molecular flexibility index (Phi) is 4.39. The largest absolute Gasteiger partial charge is 0.354 e. The molecule has 0 bridgehead atoms. The maximum Gasteiger partial charge on any atom is 0.221 e. The average Bonchev–Trinajstić information content (AvgIpc) is 3.24. The fourth-order valence-corrected chi connectivity index (χ4v) is 3.16. The van der Waals surface area contributed by atoms with E-state index in [9.17, 15) is 4.79 Å². The van der Waals surface area contributed by atoms with Gasteiger partial charge in [-0.25, -0.2) is 4.98 Å². The van der Waals surface area contributed by atoms with Crippen molar-refractivity contribution in [1.82, 2.24) is 24.6 Å². The molecule has 0 aliphatic heterocycles. The van der Waals surface area contributed by atoms with Crippen LogP contribution in [0.25, 0.3) is 21.9 Å². The van der Waals surface area contributed by atoms with Gasteiger partial charge in [0.25, 0.3) is 0 Å². The number of para-hydroxylation sites is 2. The van der Waals surface area contributed by atoms with Gasteiger partial charge in [0.15, 0.2) is 0 Å². The molecular formula is C20H21N5O. The Hall–Kier alpha value is -3.15. The summed E-state index contributed by atoms with van der Waals surface area (Å²) in [6.45, 7) is 3.92. The molecule has 2 aromatic heterocycles. The Morgan fingerprint density at radius 3 is 2.92 bits per heavy atom.